The van der Waals surface area contributed by atoms with Gasteiger partial charge in [0.25, 0.3) is 0 Å². The van der Waals surface area contributed by atoms with Crippen molar-refractivity contribution in [3.05, 3.63) is 0 Å². The maximum Gasteiger partial charge on any atom is 0.384 e. The summed E-state index contributed by atoms with van der Waals surface area (Å²) in [6.45, 7) is 0.173. The largest absolute Gasteiger partial charge is 0.456 e. The highest BCUT2D eigenvalue weighted by Crippen LogP contribution is 2.03. The molecular formula is C10H12O3. The molecule has 3 heteroatoms. The van der Waals surface area contributed by atoms with Crippen LogP contribution in [0.4, 0.5) is 0 Å². The van der Waals surface area contributed by atoms with Gasteiger partial charge in [0.15, 0.2) is 0 Å². The summed E-state index contributed by atoms with van der Waals surface area (Å²) in [6, 6.07) is 0. The standard InChI is InChI=1S/C10H12O3/c11-9-5-3-1-2-4-6-10(12)13-8-7-9/h1-3,5,7-8H2. The SMILES string of the molecule is O=C1CCCCC#CC(=O)OCC1. The molecule has 0 bridgehead atoms. The Labute approximate surface area is 77.5 Å². The molecule has 0 atom stereocenters. The van der Waals surface area contributed by atoms with E-state index in [2.05, 4.69) is 11.8 Å². The summed E-state index contributed by atoms with van der Waals surface area (Å²) in [5.74, 6) is 4.73. The molecule has 13 heavy (non-hydrogen) atoms. The first kappa shape index (κ1) is 9.79. The van der Waals surface area contributed by atoms with Gasteiger partial charge in [-0.3, -0.25) is 4.79 Å². The molecule has 0 fully saturated rings. The monoisotopic (exact) mass is 180 g/mol. The third-order valence-electron chi connectivity index (χ3n) is 1.81. The molecule has 0 saturated heterocycles. The zero-order chi connectivity index (χ0) is 9.52. The molecule has 1 rings (SSSR count). The van der Waals surface area contributed by atoms with Gasteiger partial charge >= 0.3 is 5.97 Å². The Morgan fingerprint density at radius 2 is 2.00 bits per heavy atom. The molecule has 0 radical (unpaired) electrons. The summed E-state index contributed by atoms with van der Waals surface area (Å²) in [4.78, 5) is 21.9. The number of carbonyl (C=O) groups excluding carboxylic acids is 2. The average Bonchev–Trinajstić information content (AvgIpc) is 2.13. The van der Waals surface area contributed by atoms with Gasteiger partial charge in [-0.05, 0) is 12.8 Å². The van der Waals surface area contributed by atoms with E-state index in [1.54, 1.807) is 0 Å². The van der Waals surface area contributed by atoms with Crippen molar-refractivity contribution < 1.29 is 14.3 Å². The van der Waals surface area contributed by atoms with E-state index in [0.29, 0.717) is 19.3 Å². The summed E-state index contributed by atoms with van der Waals surface area (Å²) >= 11 is 0. The van der Waals surface area contributed by atoms with Crippen LogP contribution in [0.3, 0.4) is 0 Å². The van der Waals surface area contributed by atoms with Gasteiger partial charge in [0, 0.05) is 25.2 Å². The summed E-state index contributed by atoms with van der Waals surface area (Å²) in [7, 11) is 0. The van der Waals surface area contributed by atoms with Crippen LogP contribution in [0.15, 0.2) is 0 Å². The van der Waals surface area contributed by atoms with Crippen LogP contribution in [-0.4, -0.2) is 18.4 Å². The van der Waals surface area contributed by atoms with Gasteiger partial charge in [-0.2, -0.15) is 0 Å². The fraction of sp³-hybridized carbons (Fsp3) is 0.600. The van der Waals surface area contributed by atoms with Gasteiger partial charge in [-0.15, -0.1) is 0 Å². The van der Waals surface area contributed by atoms with E-state index >= 15 is 0 Å². The molecule has 1 aliphatic rings. The van der Waals surface area contributed by atoms with E-state index in [1.165, 1.54) is 0 Å². The minimum absolute atomic E-state index is 0.162. The third kappa shape index (κ3) is 4.32. The van der Waals surface area contributed by atoms with Crippen molar-refractivity contribution in [3.8, 4) is 11.8 Å². The summed E-state index contributed by atoms with van der Waals surface area (Å²) < 4.78 is 4.71. The number of ketones is 1. The number of ether oxygens (including phenoxy) is 1. The number of hydrogen-bond acceptors (Lipinski definition) is 3. The second kappa shape index (κ2) is 5.36. The molecule has 0 aromatic rings. The van der Waals surface area contributed by atoms with E-state index in [-0.39, 0.29) is 12.4 Å². The highest BCUT2D eigenvalue weighted by Gasteiger charge is 2.04. The lowest BCUT2D eigenvalue weighted by molar-refractivity contribution is -0.137. The Morgan fingerprint density at radius 1 is 1.15 bits per heavy atom. The van der Waals surface area contributed by atoms with E-state index in [0.717, 1.165) is 12.8 Å². The average molecular weight is 180 g/mol. The van der Waals surface area contributed by atoms with Crippen molar-refractivity contribution in [1.29, 1.82) is 0 Å². The quantitative estimate of drug-likeness (QED) is 0.318. The van der Waals surface area contributed by atoms with E-state index in [9.17, 15) is 9.59 Å². The number of esters is 1. The molecular weight excluding hydrogens is 168 g/mol. The molecule has 0 aromatic heterocycles. The van der Waals surface area contributed by atoms with Gasteiger partial charge in [-0.25, -0.2) is 4.79 Å². The predicted molar refractivity (Wildman–Crippen MR) is 46.8 cm³/mol. The van der Waals surface area contributed by atoms with Crippen molar-refractivity contribution in [2.75, 3.05) is 6.61 Å². The Morgan fingerprint density at radius 3 is 2.85 bits per heavy atom. The van der Waals surface area contributed by atoms with Crippen molar-refractivity contribution in [2.45, 2.75) is 32.1 Å². The van der Waals surface area contributed by atoms with Crippen LogP contribution >= 0.6 is 0 Å². The molecule has 0 aliphatic carbocycles. The molecule has 0 amide bonds. The van der Waals surface area contributed by atoms with Crippen LogP contribution in [0, 0.1) is 11.8 Å². The van der Waals surface area contributed by atoms with Crippen LogP contribution < -0.4 is 0 Å². The Bertz CT molecular complexity index is 257. The normalized spacial score (nSPS) is 19.4. The zero-order valence-electron chi connectivity index (χ0n) is 7.47. The highest BCUT2D eigenvalue weighted by atomic mass is 16.5. The molecule has 70 valence electrons. The summed E-state index contributed by atoms with van der Waals surface area (Å²) in [5.41, 5.74) is 0. The number of Topliss-reactive ketones (excluding diaryl/α,β-unsaturated/α-hetero) is 1. The second-order valence-corrected chi connectivity index (χ2v) is 2.93. The fourth-order valence-corrected chi connectivity index (χ4v) is 1.09. The van der Waals surface area contributed by atoms with Crippen molar-refractivity contribution in [1.82, 2.24) is 0 Å². The number of rotatable bonds is 0. The van der Waals surface area contributed by atoms with Crippen molar-refractivity contribution in [2.24, 2.45) is 0 Å². The highest BCUT2D eigenvalue weighted by molar-refractivity contribution is 5.88. The van der Waals surface area contributed by atoms with Gasteiger partial charge < -0.3 is 4.74 Å². The van der Waals surface area contributed by atoms with E-state index < -0.39 is 5.97 Å². The zero-order valence-corrected chi connectivity index (χ0v) is 7.47. The molecule has 3 nitrogen and oxygen atoms in total. The first-order valence-electron chi connectivity index (χ1n) is 4.46. The Hall–Kier alpha value is -1.30. The number of hydrogen-bond donors (Lipinski definition) is 0. The smallest absolute Gasteiger partial charge is 0.384 e. The molecule has 1 aliphatic heterocycles. The molecule has 0 spiro atoms. The van der Waals surface area contributed by atoms with Gasteiger partial charge in [-0.1, -0.05) is 5.92 Å². The van der Waals surface area contributed by atoms with Gasteiger partial charge in [0.1, 0.15) is 5.78 Å². The Balaban J connectivity index is 2.44. The van der Waals surface area contributed by atoms with E-state index in [4.69, 9.17) is 4.74 Å². The number of cyclic esters (lactones) is 1. The lowest BCUT2D eigenvalue weighted by atomic mass is 10.1. The van der Waals surface area contributed by atoms with Crippen LogP contribution in [0.5, 0.6) is 0 Å². The summed E-state index contributed by atoms with van der Waals surface area (Å²) in [5, 5.41) is 0. The molecule has 0 N–H and O–H groups in total. The lowest BCUT2D eigenvalue weighted by Gasteiger charge is -1.99. The first-order chi connectivity index (χ1) is 6.29. The molecule has 0 aromatic carbocycles. The maximum atomic E-state index is 11.1. The lowest BCUT2D eigenvalue weighted by Crippen LogP contribution is -2.07. The fourth-order valence-electron chi connectivity index (χ4n) is 1.09. The Kier molecular flexibility index (Phi) is 4.04. The summed E-state index contributed by atoms with van der Waals surface area (Å²) in [6.07, 6.45) is 3.32. The number of carbonyl (C=O) groups is 2. The molecule has 0 unspecified atom stereocenters. The molecule has 1 heterocycles. The minimum Gasteiger partial charge on any atom is -0.456 e. The minimum atomic E-state index is -0.519. The van der Waals surface area contributed by atoms with Crippen LogP contribution in [0.1, 0.15) is 32.1 Å². The van der Waals surface area contributed by atoms with E-state index in [1.807, 2.05) is 0 Å². The van der Waals surface area contributed by atoms with Gasteiger partial charge in [0.2, 0.25) is 0 Å². The predicted octanol–water partition coefficient (Wildman–Crippen LogP) is 1.07. The van der Waals surface area contributed by atoms with Crippen LogP contribution in [-0.2, 0) is 14.3 Å². The second-order valence-electron chi connectivity index (χ2n) is 2.93. The maximum absolute atomic E-state index is 11.1. The molecule has 0 saturated carbocycles. The van der Waals surface area contributed by atoms with Crippen LogP contribution in [0.25, 0.3) is 0 Å². The third-order valence-corrected chi connectivity index (χ3v) is 1.81. The van der Waals surface area contributed by atoms with Gasteiger partial charge in [0.05, 0.1) is 6.61 Å². The topological polar surface area (TPSA) is 43.4 Å². The van der Waals surface area contributed by atoms with Crippen molar-refractivity contribution in [3.63, 3.8) is 0 Å². The first-order valence-corrected chi connectivity index (χ1v) is 4.46. The van der Waals surface area contributed by atoms with Crippen LogP contribution in [0.2, 0.25) is 0 Å². The van der Waals surface area contributed by atoms with Crippen molar-refractivity contribution >= 4 is 11.8 Å².